The van der Waals surface area contributed by atoms with E-state index in [9.17, 15) is 18.3 Å². The van der Waals surface area contributed by atoms with Gasteiger partial charge < -0.3 is 9.84 Å². The van der Waals surface area contributed by atoms with Gasteiger partial charge in [0.25, 0.3) is 0 Å². The standard InChI is InChI=1S/C14H19NO5S/c1-10-9-11(6-7-13(10)20-2)21(18,19)15-8-4-3-5-12(15)14(16)17/h6-7,9,12H,3-5,8H2,1-2H3,(H,16,17)/t12-/m1/s1. The number of carboxylic acids is 1. The van der Waals surface area contributed by atoms with Crippen molar-refractivity contribution < 1.29 is 23.1 Å². The molecule has 0 radical (unpaired) electrons. The van der Waals surface area contributed by atoms with E-state index >= 15 is 0 Å². The molecule has 7 heteroatoms. The molecular weight excluding hydrogens is 294 g/mol. The van der Waals surface area contributed by atoms with Crippen LogP contribution in [0.2, 0.25) is 0 Å². The average Bonchev–Trinajstić information content (AvgIpc) is 2.47. The number of aliphatic carboxylic acids is 1. The summed E-state index contributed by atoms with van der Waals surface area (Å²) < 4.78 is 31.6. The second kappa shape index (κ2) is 6.03. The molecule has 1 saturated heterocycles. The lowest BCUT2D eigenvalue weighted by Crippen LogP contribution is -2.47. The van der Waals surface area contributed by atoms with E-state index in [1.807, 2.05) is 0 Å². The van der Waals surface area contributed by atoms with Crippen LogP contribution >= 0.6 is 0 Å². The minimum absolute atomic E-state index is 0.106. The average molecular weight is 313 g/mol. The van der Waals surface area contributed by atoms with Crippen LogP contribution < -0.4 is 4.74 Å². The molecule has 6 nitrogen and oxygen atoms in total. The van der Waals surface area contributed by atoms with Crippen LogP contribution in [0, 0.1) is 6.92 Å². The Morgan fingerprint density at radius 1 is 1.38 bits per heavy atom. The molecule has 0 bridgehead atoms. The van der Waals surface area contributed by atoms with Crippen LogP contribution in [0.15, 0.2) is 23.1 Å². The van der Waals surface area contributed by atoms with Crippen LogP contribution in [0.5, 0.6) is 5.75 Å². The minimum Gasteiger partial charge on any atom is -0.496 e. The topological polar surface area (TPSA) is 83.9 Å². The van der Waals surface area contributed by atoms with Gasteiger partial charge in [0.1, 0.15) is 11.8 Å². The van der Waals surface area contributed by atoms with Crippen LogP contribution in [-0.4, -0.2) is 43.5 Å². The summed E-state index contributed by atoms with van der Waals surface area (Å²) in [4.78, 5) is 11.4. The molecule has 0 aromatic heterocycles. The van der Waals surface area contributed by atoms with Crippen molar-refractivity contribution in [3.63, 3.8) is 0 Å². The normalized spacial score (nSPS) is 20.2. The van der Waals surface area contributed by atoms with E-state index in [4.69, 9.17) is 4.74 Å². The number of rotatable bonds is 4. The molecule has 0 spiro atoms. The number of hydrogen-bond acceptors (Lipinski definition) is 4. The van der Waals surface area contributed by atoms with Crippen LogP contribution in [-0.2, 0) is 14.8 Å². The van der Waals surface area contributed by atoms with Gasteiger partial charge >= 0.3 is 5.97 Å². The third-order valence-electron chi connectivity index (χ3n) is 3.71. The van der Waals surface area contributed by atoms with Gasteiger partial charge in [0, 0.05) is 6.54 Å². The predicted octanol–water partition coefficient (Wildman–Crippen LogP) is 1.63. The van der Waals surface area contributed by atoms with Gasteiger partial charge in [-0.25, -0.2) is 8.42 Å². The molecule has 21 heavy (non-hydrogen) atoms. The zero-order chi connectivity index (χ0) is 15.6. The molecule has 116 valence electrons. The summed E-state index contributed by atoms with van der Waals surface area (Å²) in [6, 6.07) is 3.57. The lowest BCUT2D eigenvalue weighted by atomic mass is 10.1. The Balaban J connectivity index is 2.40. The first-order valence-corrected chi connectivity index (χ1v) is 8.21. The van der Waals surface area contributed by atoms with E-state index in [2.05, 4.69) is 0 Å². The van der Waals surface area contributed by atoms with Crippen molar-refractivity contribution in [2.45, 2.75) is 37.1 Å². The second-order valence-electron chi connectivity index (χ2n) is 5.10. The van der Waals surface area contributed by atoms with Gasteiger partial charge in [-0.2, -0.15) is 4.31 Å². The van der Waals surface area contributed by atoms with Crippen LogP contribution in [0.4, 0.5) is 0 Å². The molecule has 1 atom stereocenters. The fraction of sp³-hybridized carbons (Fsp3) is 0.500. The Morgan fingerprint density at radius 3 is 2.67 bits per heavy atom. The Bertz CT molecular complexity index is 641. The van der Waals surface area contributed by atoms with Gasteiger partial charge in [-0.3, -0.25) is 4.79 Å². The molecule has 1 heterocycles. The Hall–Kier alpha value is -1.60. The highest BCUT2D eigenvalue weighted by atomic mass is 32.2. The van der Waals surface area contributed by atoms with Crippen molar-refractivity contribution >= 4 is 16.0 Å². The smallest absolute Gasteiger partial charge is 0.322 e. The van der Waals surface area contributed by atoms with Crippen molar-refractivity contribution in [2.24, 2.45) is 0 Å². The number of benzene rings is 1. The van der Waals surface area contributed by atoms with Crippen molar-refractivity contribution in [1.82, 2.24) is 4.31 Å². The minimum atomic E-state index is -3.81. The van der Waals surface area contributed by atoms with Gasteiger partial charge in [-0.1, -0.05) is 0 Å². The summed E-state index contributed by atoms with van der Waals surface area (Å²) in [5, 5.41) is 9.23. The maximum Gasteiger partial charge on any atom is 0.322 e. The lowest BCUT2D eigenvalue weighted by Gasteiger charge is -2.31. The van der Waals surface area contributed by atoms with E-state index in [0.717, 1.165) is 10.7 Å². The van der Waals surface area contributed by atoms with Crippen molar-refractivity contribution in [3.8, 4) is 5.75 Å². The first kappa shape index (κ1) is 15.8. The predicted molar refractivity (Wildman–Crippen MR) is 76.9 cm³/mol. The summed E-state index contributed by atoms with van der Waals surface area (Å²) in [6.07, 6.45) is 1.76. The third-order valence-corrected chi connectivity index (χ3v) is 5.62. The number of nitrogens with zero attached hydrogens (tertiary/aromatic N) is 1. The Morgan fingerprint density at radius 2 is 2.10 bits per heavy atom. The van der Waals surface area contributed by atoms with Crippen LogP contribution in [0.25, 0.3) is 0 Å². The van der Waals surface area contributed by atoms with Gasteiger partial charge in [0.05, 0.1) is 12.0 Å². The zero-order valence-corrected chi connectivity index (χ0v) is 12.9. The molecule has 1 aromatic rings. The largest absolute Gasteiger partial charge is 0.496 e. The fourth-order valence-electron chi connectivity index (χ4n) is 2.59. The van der Waals surface area contributed by atoms with Gasteiger partial charge in [0.15, 0.2) is 0 Å². The number of ether oxygens (including phenoxy) is 1. The first-order valence-electron chi connectivity index (χ1n) is 6.77. The summed E-state index contributed by atoms with van der Waals surface area (Å²) >= 11 is 0. The van der Waals surface area contributed by atoms with E-state index in [-0.39, 0.29) is 11.4 Å². The Kier molecular flexibility index (Phi) is 4.53. The molecule has 0 saturated carbocycles. The van der Waals surface area contributed by atoms with Crippen LogP contribution in [0.3, 0.4) is 0 Å². The lowest BCUT2D eigenvalue weighted by molar-refractivity contribution is -0.142. The highest BCUT2D eigenvalue weighted by Gasteiger charge is 2.37. The highest BCUT2D eigenvalue weighted by molar-refractivity contribution is 7.89. The number of aryl methyl sites for hydroxylation is 1. The molecule has 2 rings (SSSR count). The van der Waals surface area contributed by atoms with Crippen LogP contribution in [0.1, 0.15) is 24.8 Å². The number of sulfonamides is 1. The third kappa shape index (κ3) is 3.03. The van der Waals surface area contributed by atoms with E-state index < -0.39 is 22.0 Å². The number of carboxylic acid groups (broad SMARTS) is 1. The van der Waals surface area contributed by atoms with Gasteiger partial charge in [-0.15, -0.1) is 0 Å². The van der Waals surface area contributed by atoms with Gasteiger partial charge in [0.2, 0.25) is 10.0 Å². The molecule has 0 unspecified atom stereocenters. The SMILES string of the molecule is COc1ccc(S(=O)(=O)N2CCCC[C@@H]2C(=O)O)cc1C. The molecular formula is C14H19NO5S. The molecule has 1 aromatic carbocycles. The zero-order valence-electron chi connectivity index (χ0n) is 12.1. The Labute approximate surface area is 124 Å². The molecule has 1 aliphatic rings. The molecule has 1 aliphatic heterocycles. The summed E-state index contributed by atoms with van der Waals surface area (Å²) in [6.45, 7) is 1.99. The maximum atomic E-state index is 12.7. The number of carbonyl (C=O) groups is 1. The van der Waals surface area contributed by atoms with E-state index in [1.54, 1.807) is 13.0 Å². The highest BCUT2D eigenvalue weighted by Crippen LogP contribution is 2.28. The summed E-state index contributed by atoms with van der Waals surface area (Å²) in [5.41, 5.74) is 0.697. The van der Waals surface area contributed by atoms with Crippen molar-refractivity contribution in [3.05, 3.63) is 23.8 Å². The number of piperidine rings is 1. The fourth-order valence-corrected chi connectivity index (χ4v) is 4.32. The van der Waals surface area contributed by atoms with Crippen molar-refractivity contribution in [1.29, 1.82) is 0 Å². The van der Waals surface area contributed by atoms with E-state index in [0.29, 0.717) is 24.2 Å². The number of methoxy groups -OCH3 is 1. The quantitative estimate of drug-likeness (QED) is 0.913. The van der Waals surface area contributed by atoms with Gasteiger partial charge in [-0.05, 0) is 49.9 Å². The van der Waals surface area contributed by atoms with Crippen molar-refractivity contribution in [2.75, 3.05) is 13.7 Å². The first-order chi connectivity index (χ1) is 9.87. The molecule has 0 aliphatic carbocycles. The molecule has 1 fully saturated rings. The number of hydrogen-bond donors (Lipinski definition) is 1. The second-order valence-corrected chi connectivity index (χ2v) is 6.99. The molecule has 0 amide bonds. The summed E-state index contributed by atoms with van der Waals surface area (Å²) in [5.74, 6) is -0.495. The summed E-state index contributed by atoms with van der Waals surface area (Å²) in [7, 11) is -2.29. The monoisotopic (exact) mass is 313 g/mol. The molecule has 1 N–H and O–H groups in total. The maximum absolute atomic E-state index is 12.7. The van der Waals surface area contributed by atoms with E-state index in [1.165, 1.54) is 19.2 Å².